The highest BCUT2D eigenvalue weighted by Crippen LogP contribution is 2.15. The van der Waals surface area contributed by atoms with Gasteiger partial charge in [0.25, 0.3) is 0 Å². The molecule has 1 atom stereocenters. The van der Waals surface area contributed by atoms with Crippen molar-refractivity contribution in [2.45, 2.75) is 59.0 Å². The Balaban J connectivity index is 3.96. The number of rotatable bonds is 6. The van der Waals surface area contributed by atoms with E-state index in [4.69, 9.17) is 5.73 Å². The molecule has 0 radical (unpaired) electrons. The van der Waals surface area contributed by atoms with E-state index < -0.39 is 0 Å². The molecule has 2 heteroatoms. The summed E-state index contributed by atoms with van der Waals surface area (Å²) in [5.41, 5.74) is 5.90. The van der Waals surface area contributed by atoms with Gasteiger partial charge in [-0.25, -0.2) is 0 Å². The minimum Gasteiger partial charge on any atom is -0.329 e. The highest BCUT2D eigenvalue weighted by atomic mass is 15.0. The lowest BCUT2D eigenvalue weighted by atomic mass is 9.91. The second kappa shape index (κ2) is 5.61. The third-order valence-electron chi connectivity index (χ3n) is 2.36. The molecule has 0 aliphatic heterocycles. The molecular weight excluding hydrogens is 160 g/mol. The lowest BCUT2D eigenvalue weighted by Gasteiger charge is -2.32. The molecule has 1 unspecified atom stereocenters. The Kier molecular flexibility index (Phi) is 5.57. The van der Waals surface area contributed by atoms with Crippen molar-refractivity contribution < 1.29 is 0 Å². The average Bonchev–Trinajstić information content (AvgIpc) is 2.00. The van der Waals surface area contributed by atoms with E-state index in [1.165, 1.54) is 12.8 Å². The average molecular weight is 186 g/mol. The van der Waals surface area contributed by atoms with Gasteiger partial charge in [-0.2, -0.15) is 0 Å². The van der Waals surface area contributed by atoms with Crippen molar-refractivity contribution in [3.63, 3.8) is 0 Å². The molecule has 0 aliphatic carbocycles. The van der Waals surface area contributed by atoms with Crippen molar-refractivity contribution in [2.24, 2.45) is 11.7 Å². The Hall–Kier alpha value is -0.0800. The van der Waals surface area contributed by atoms with Crippen LogP contribution in [-0.4, -0.2) is 18.1 Å². The lowest BCUT2D eigenvalue weighted by Crippen LogP contribution is -2.51. The van der Waals surface area contributed by atoms with Gasteiger partial charge in [0.15, 0.2) is 0 Å². The fourth-order valence-corrected chi connectivity index (χ4v) is 1.54. The van der Waals surface area contributed by atoms with Crippen molar-refractivity contribution in [3.05, 3.63) is 0 Å². The van der Waals surface area contributed by atoms with Gasteiger partial charge in [-0.15, -0.1) is 0 Å². The third kappa shape index (κ3) is 6.05. The van der Waals surface area contributed by atoms with Crippen LogP contribution in [0.2, 0.25) is 0 Å². The molecule has 0 aromatic heterocycles. The molecular formula is C11H26N2. The molecule has 0 saturated carbocycles. The van der Waals surface area contributed by atoms with Crippen LogP contribution < -0.4 is 11.1 Å². The van der Waals surface area contributed by atoms with Crippen molar-refractivity contribution in [2.75, 3.05) is 6.54 Å². The first-order valence-electron chi connectivity index (χ1n) is 5.37. The van der Waals surface area contributed by atoms with Crippen LogP contribution in [0.25, 0.3) is 0 Å². The van der Waals surface area contributed by atoms with Gasteiger partial charge in [0.1, 0.15) is 0 Å². The van der Waals surface area contributed by atoms with E-state index in [0.717, 1.165) is 12.5 Å². The quantitative estimate of drug-likeness (QED) is 0.667. The van der Waals surface area contributed by atoms with Crippen LogP contribution in [0.3, 0.4) is 0 Å². The Morgan fingerprint density at radius 2 is 1.77 bits per heavy atom. The van der Waals surface area contributed by atoms with E-state index in [-0.39, 0.29) is 5.54 Å². The SMILES string of the molecule is CC(C)CCC(C)(CN)NC(C)C. The molecule has 0 amide bonds. The first-order valence-corrected chi connectivity index (χ1v) is 5.37. The van der Waals surface area contributed by atoms with E-state index in [0.29, 0.717) is 6.04 Å². The maximum absolute atomic E-state index is 5.78. The molecule has 3 N–H and O–H groups in total. The van der Waals surface area contributed by atoms with Crippen LogP contribution in [0.1, 0.15) is 47.5 Å². The van der Waals surface area contributed by atoms with Crippen LogP contribution in [-0.2, 0) is 0 Å². The van der Waals surface area contributed by atoms with Crippen LogP contribution in [0, 0.1) is 5.92 Å². The van der Waals surface area contributed by atoms with Gasteiger partial charge in [0.05, 0.1) is 0 Å². The van der Waals surface area contributed by atoms with Gasteiger partial charge >= 0.3 is 0 Å². The molecule has 0 aromatic carbocycles. The monoisotopic (exact) mass is 186 g/mol. The topological polar surface area (TPSA) is 38.0 Å². The smallest absolute Gasteiger partial charge is 0.0278 e. The number of hydrogen-bond donors (Lipinski definition) is 2. The van der Waals surface area contributed by atoms with Gasteiger partial charge in [0, 0.05) is 18.1 Å². The fourth-order valence-electron chi connectivity index (χ4n) is 1.54. The third-order valence-corrected chi connectivity index (χ3v) is 2.36. The number of hydrogen-bond acceptors (Lipinski definition) is 2. The zero-order valence-corrected chi connectivity index (χ0v) is 9.85. The molecule has 0 aromatic rings. The molecule has 0 heterocycles. The van der Waals surface area contributed by atoms with Gasteiger partial charge in [-0.1, -0.05) is 27.7 Å². The largest absolute Gasteiger partial charge is 0.329 e. The lowest BCUT2D eigenvalue weighted by molar-refractivity contribution is 0.292. The molecule has 0 spiro atoms. The second-order valence-corrected chi connectivity index (χ2v) is 5.00. The minimum absolute atomic E-state index is 0.123. The zero-order chi connectivity index (χ0) is 10.5. The highest BCUT2D eigenvalue weighted by molar-refractivity contribution is 4.85. The predicted octanol–water partition coefficient (Wildman–Crippen LogP) is 2.14. The summed E-state index contributed by atoms with van der Waals surface area (Å²) in [6.07, 6.45) is 2.41. The molecule has 0 fully saturated rings. The molecule has 13 heavy (non-hydrogen) atoms. The maximum Gasteiger partial charge on any atom is 0.0278 e. The molecule has 0 aliphatic rings. The summed E-state index contributed by atoms with van der Waals surface area (Å²) in [4.78, 5) is 0. The van der Waals surface area contributed by atoms with Crippen molar-refractivity contribution in [1.29, 1.82) is 0 Å². The molecule has 80 valence electrons. The van der Waals surface area contributed by atoms with E-state index in [1.54, 1.807) is 0 Å². The molecule has 0 rings (SSSR count). The number of nitrogens with one attached hydrogen (secondary N) is 1. The van der Waals surface area contributed by atoms with Gasteiger partial charge in [0.2, 0.25) is 0 Å². The summed E-state index contributed by atoms with van der Waals surface area (Å²) in [6, 6.07) is 0.515. The highest BCUT2D eigenvalue weighted by Gasteiger charge is 2.22. The summed E-state index contributed by atoms with van der Waals surface area (Å²) in [5, 5.41) is 3.54. The normalized spacial score (nSPS) is 16.6. The summed E-state index contributed by atoms with van der Waals surface area (Å²) < 4.78 is 0. The molecule has 0 saturated heterocycles. The predicted molar refractivity (Wildman–Crippen MR) is 59.8 cm³/mol. The van der Waals surface area contributed by atoms with Crippen molar-refractivity contribution in [3.8, 4) is 0 Å². The van der Waals surface area contributed by atoms with E-state index in [9.17, 15) is 0 Å². The first-order chi connectivity index (χ1) is 5.89. The summed E-state index contributed by atoms with van der Waals surface area (Å²) in [7, 11) is 0. The molecule has 2 nitrogen and oxygen atoms in total. The van der Waals surface area contributed by atoms with Crippen LogP contribution in [0.4, 0.5) is 0 Å². The Bertz CT molecular complexity index is 132. The van der Waals surface area contributed by atoms with Crippen LogP contribution in [0.5, 0.6) is 0 Å². The Morgan fingerprint density at radius 1 is 1.23 bits per heavy atom. The molecule has 0 bridgehead atoms. The maximum atomic E-state index is 5.78. The summed E-state index contributed by atoms with van der Waals surface area (Å²) in [6.45, 7) is 11.8. The van der Waals surface area contributed by atoms with Crippen molar-refractivity contribution in [1.82, 2.24) is 5.32 Å². The second-order valence-electron chi connectivity index (χ2n) is 5.00. The van der Waals surface area contributed by atoms with Crippen LogP contribution >= 0.6 is 0 Å². The zero-order valence-electron chi connectivity index (χ0n) is 9.85. The number of nitrogens with two attached hydrogens (primary N) is 1. The Labute approximate surface area is 83.3 Å². The van der Waals surface area contributed by atoms with Gasteiger partial charge < -0.3 is 11.1 Å². The fraction of sp³-hybridized carbons (Fsp3) is 1.00. The minimum atomic E-state index is 0.123. The summed E-state index contributed by atoms with van der Waals surface area (Å²) in [5.74, 6) is 0.764. The standard InChI is InChI=1S/C11H26N2/c1-9(2)6-7-11(5,8-12)13-10(3)4/h9-10,13H,6-8,12H2,1-5H3. The van der Waals surface area contributed by atoms with Gasteiger partial charge in [-0.3, -0.25) is 0 Å². The van der Waals surface area contributed by atoms with E-state index in [2.05, 4.69) is 39.9 Å². The van der Waals surface area contributed by atoms with Gasteiger partial charge in [-0.05, 0) is 25.7 Å². The Morgan fingerprint density at radius 3 is 2.08 bits per heavy atom. The van der Waals surface area contributed by atoms with Crippen LogP contribution in [0.15, 0.2) is 0 Å². The van der Waals surface area contributed by atoms with E-state index >= 15 is 0 Å². The summed E-state index contributed by atoms with van der Waals surface area (Å²) >= 11 is 0. The van der Waals surface area contributed by atoms with Crippen molar-refractivity contribution >= 4 is 0 Å². The van der Waals surface area contributed by atoms with E-state index in [1.807, 2.05) is 0 Å². The first kappa shape index (κ1) is 12.9.